The van der Waals surface area contributed by atoms with Gasteiger partial charge >= 0.3 is 0 Å². The monoisotopic (exact) mass is 204 g/mol. The molecular formula is C13H20N2. The highest BCUT2D eigenvalue weighted by atomic mass is 15.2. The molecule has 0 amide bonds. The molecule has 1 atom stereocenters. The Labute approximate surface area is 91.8 Å². The maximum atomic E-state index is 5.67. The first kappa shape index (κ1) is 10.7. The molecule has 1 aromatic rings. The molecule has 0 aromatic heterocycles. The molecule has 82 valence electrons. The van der Waals surface area contributed by atoms with Gasteiger partial charge in [-0.3, -0.25) is 11.3 Å². The largest absolute Gasteiger partial charge is 0.271 e. The van der Waals surface area contributed by atoms with E-state index in [9.17, 15) is 0 Å². The van der Waals surface area contributed by atoms with Crippen molar-refractivity contribution in [1.29, 1.82) is 0 Å². The van der Waals surface area contributed by atoms with Crippen LogP contribution in [0, 0.1) is 19.8 Å². The molecular weight excluding hydrogens is 184 g/mol. The van der Waals surface area contributed by atoms with Gasteiger partial charge in [-0.25, -0.2) is 0 Å². The standard InChI is InChI=1S/C13H20N2/c1-9-4-3-5-10(2)13(9)12(15-14)8-11-6-7-11/h3-5,11-12,15H,6-8,14H2,1-2H3. The number of nitrogens with two attached hydrogens (primary N) is 1. The summed E-state index contributed by atoms with van der Waals surface area (Å²) in [4.78, 5) is 0. The predicted molar refractivity (Wildman–Crippen MR) is 63.3 cm³/mol. The molecule has 2 rings (SSSR count). The Morgan fingerprint density at radius 2 is 1.93 bits per heavy atom. The second-order valence-corrected chi connectivity index (χ2v) is 4.70. The van der Waals surface area contributed by atoms with E-state index >= 15 is 0 Å². The summed E-state index contributed by atoms with van der Waals surface area (Å²) in [6.45, 7) is 4.33. The molecule has 1 saturated carbocycles. The predicted octanol–water partition coefficient (Wildman–Crippen LogP) is 2.61. The average Bonchev–Trinajstić information content (AvgIpc) is 2.99. The zero-order valence-electron chi connectivity index (χ0n) is 9.59. The minimum Gasteiger partial charge on any atom is -0.271 e. The number of rotatable bonds is 4. The fourth-order valence-corrected chi connectivity index (χ4v) is 2.33. The van der Waals surface area contributed by atoms with E-state index in [1.807, 2.05) is 0 Å². The number of benzene rings is 1. The van der Waals surface area contributed by atoms with Crippen LogP contribution in [0.3, 0.4) is 0 Å². The van der Waals surface area contributed by atoms with Crippen molar-refractivity contribution in [2.75, 3.05) is 0 Å². The highest BCUT2D eigenvalue weighted by molar-refractivity contribution is 5.36. The molecule has 3 N–H and O–H groups in total. The molecule has 1 aliphatic rings. The van der Waals surface area contributed by atoms with Gasteiger partial charge in [0.15, 0.2) is 0 Å². The summed E-state index contributed by atoms with van der Waals surface area (Å²) in [7, 11) is 0. The topological polar surface area (TPSA) is 38.0 Å². The molecule has 0 bridgehead atoms. The molecule has 15 heavy (non-hydrogen) atoms. The first-order chi connectivity index (χ1) is 7.22. The number of hydrogen-bond acceptors (Lipinski definition) is 2. The molecule has 0 aliphatic heterocycles. The van der Waals surface area contributed by atoms with Crippen molar-refractivity contribution in [3.63, 3.8) is 0 Å². The Bertz CT molecular complexity index is 322. The molecule has 1 unspecified atom stereocenters. The van der Waals surface area contributed by atoms with Gasteiger partial charge in [0.1, 0.15) is 0 Å². The molecule has 1 fully saturated rings. The Hall–Kier alpha value is -0.860. The Balaban J connectivity index is 2.23. The van der Waals surface area contributed by atoms with Crippen LogP contribution < -0.4 is 11.3 Å². The van der Waals surface area contributed by atoms with Crippen LogP contribution in [0.2, 0.25) is 0 Å². The van der Waals surface area contributed by atoms with Crippen molar-refractivity contribution in [1.82, 2.24) is 5.43 Å². The number of nitrogens with one attached hydrogen (secondary N) is 1. The van der Waals surface area contributed by atoms with Gasteiger partial charge in [-0.1, -0.05) is 31.0 Å². The van der Waals surface area contributed by atoms with Crippen molar-refractivity contribution in [3.8, 4) is 0 Å². The van der Waals surface area contributed by atoms with E-state index in [1.54, 1.807) is 0 Å². The first-order valence-electron chi connectivity index (χ1n) is 5.74. The van der Waals surface area contributed by atoms with E-state index in [0.717, 1.165) is 5.92 Å². The lowest BCUT2D eigenvalue weighted by atomic mass is 9.93. The molecule has 2 nitrogen and oxygen atoms in total. The normalized spacial score (nSPS) is 17.8. The van der Waals surface area contributed by atoms with Gasteiger partial charge in [0, 0.05) is 6.04 Å². The molecule has 0 spiro atoms. The van der Waals surface area contributed by atoms with Crippen LogP contribution >= 0.6 is 0 Å². The Kier molecular flexibility index (Phi) is 3.08. The van der Waals surface area contributed by atoms with Crippen molar-refractivity contribution in [3.05, 3.63) is 34.9 Å². The lowest BCUT2D eigenvalue weighted by molar-refractivity contribution is 0.483. The molecule has 0 heterocycles. The van der Waals surface area contributed by atoms with E-state index in [4.69, 9.17) is 5.84 Å². The molecule has 1 aromatic carbocycles. The summed E-state index contributed by atoms with van der Waals surface area (Å²) in [5, 5.41) is 0. The van der Waals surface area contributed by atoms with E-state index in [2.05, 4.69) is 37.5 Å². The van der Waals surface area contributed by atoms with E-state index in [0.29, 0.717) is 6.04 Å². The van der Waals surface area contributed by atoms with Crippen LogP contribution in [0.1, 0.15) is 42.0 Å². The summed E-state index contributed by atoms with van der Waals surface area (Å²) in [5.74, 6) is 6.56. The highest BCUT2D eigenvalue weighted by Gasteiger charge is 2.26. The van der Waals surface area contributed by atoms with Gasteiger partial charge < -0.3 is 0 Å². The highest BCUT2D eigenvalue weighted by Crippen LogP contribution is 2.38. The Morgan fingerprint density at radius 1 is 1.33 bits per heavy atom. The van der Waals surface area contributed by atoms with Crippen molar-refractivity contribution in [2.24, 2.45) is 11.8 Å². The third-order valence-electron chi connectivity index (χ3n) is 3.36. The van der Waals surface area contributed by atoms with Gasteiger partial charge in [-0.15, -0.1) is 0 Å². The summed E-state index contributed by atoms with van der Waals surface area (Å²) in [6, 6.07) is 6.77. The van der Waals surface area contributed by atoms with Crippen molar-refractivity contribution >= 4 is 0 Å². The number of hydrogen-bond donors (Lipinski definition) is 2. The van der Waals surface area contributed by atoms with Gasteiger partial charge in [-0.2, -0.15) is 0 Å². The lowest BCUT2D eigenvalue weighted by Crippen LogP contribution is -2.29. The maximum absolute atomic E-state index is 5.67. The zero-order valence-corrected chi connectivity index (χ0v) is 9.59. The zero-order chi connectivity index (χ0) is 10.8. The summed E-state index contributed by atoms with van der Waals surface area (Å²) in [5.41, 5.74) is 7.06. The second kappa shape index (κ2) is 4.33. The van der Waals surface area contributed by atoms with Gasteiger partial charge in [0.25, 0.3) is 0 Å². The van der Waals surface area contributed by atoms with E-state index in [1.165, 1.54) is 36.0 Å². The van der Waals surface area contributed by atoms with Crippen LogP contribution in [0.5, 0.6) is 0 Å². The van der Waals surface area contributed by atoms with Crippen LogP contribution in [-0.4, -0.2) is 0 Å². The minimum absolute atomic E-state index is 0.332. The minimum atomic E-state index is 0.332. The first-order valence-corrected chi connectivity index (χ1v) is 5.74. The fraction of sp³-hybridized carbons (Fsp3) is 0.538. The lowest BCUT2D eigenvalue weighted by Gasteiger charge is -2.20. The summed E-state index contributed by atoms with van der Waals surface area (Å²) < 4.78 is 0. The van der Waals surface area contributed by atoms with Gasteiger partial charge in [0.05, 0.1) is 0 Å². The molecule has 1 aliphatic carbocycles. The van der Waals surface area contributed by atoms with Gasteiger partial charge in [0.2, 0.25) is 0 Å². The molecule has 0 radical (unpaired) electrons. The SMILES string of the molecule is Cc1cccc(C)c1C(CC1CC1)NN. The third kappa shape index (κ3) is 2.39. The van der Waals surface area contributed by atoms with Crippen molar-refractivity contribution in [2.45, 2.75) is 39.2 Å². The molecule has 2 heteroatoms. The third-order valence-corrected chi connectivity index (χ3v) is 3.36. The summed E-state index contributed by atoms with van der Waals surface area (Å²) in [6.07, 6.45) is 3.94. The van der Waals surface area contributed by atoms with E-state index in [-0.39, 0.29) is 0 Å². The van der Waals surface area contributed by atoms with Crippen LogP contribution in [-0.2, 0) is 0 Å². The summed E-state index contributed by atoms with van der Waals surface area (Å²) >= 11 is 0. The number of aryl methyl sites for hydroxylation is 2. The average molecular weight is 204 g/mol. The van der Waals surface area contributed by atoms with E-state index < -0.39 is 0 Å². The number of hydrazine groups is 1. The second-order valence-electron chi connectivity index (χ2n) is 4.70. The van der Waals surface area contributed by atoms with Gasteiger partial charge in [-0.05, 0) is 42.9 Å². The van der Waals surface area contributed by atoms with Crippen molar-refractivity contribution < 1.29 is 0 Å². The Morgan fingerprint density at radius 3 is 2.40 bits per heavy atom. The molecule has 0 saturated heterocycles. The van der Waals surface area contributed by atoms with Crippen LogP contribution in [0.4, 0.5) is 0 Å². The van der Waals surface area contributed by atoms with Crippen LogP contribution in [0.25, 0.3) is 0 Å². The van der Waals surface area contributed by atoms with Crippen LogP contribution in [0.15, 0.2) is 18.2 Å². The fourth-order valence-electron chi connectivity index (χ4n) is 2.33. The smallest absolute Gasteiger partial charge is 0.0467 e. The quantitative estimate of drug-likeness (QED) is 0.584. The maximum Gasteiger partial charge on any atom is 0.0467 e.